The van der Waals surface area contributed by atoms with E-state index < -0.39 is 0 Å². The van der Waals surface area contributed by atoms with Gasteiger partial charge in [-0.2, -0.15) is 0 Å². The van der Waals surface area contributed by atoms with Gasteiger partial charge < -0.3 is 9.88 Å². The molecule has 84 valence electrons. The van der Waals surface area contributed by atoms with Gasteiger partial charge in [0.15, 0.2) is 0 Å². The van der Waals surface area contributed by atoms with Crippen LogP contribution in [0.25, 0.3) is 0 Å². The summed E-state index contributed by atoms with van der Waals surface area (Å²) in [5.41, 5.74) is 1.06. The van der Waals surface area contributed by atoms with E-state index in [9.17, 15) is 0 Å². The predicted octanol–water partition coefficient (Wildman–Crippen LogP) is 2.84. The Balaban J connectivity index is 2.71. The fourth-order valence-corrected chi connectivity index (χ4v) is 1.46. The van der Waals surface area contributed by atoms with Gasteiger partial charge in [-0.25, -0.2) is 4.98 Å². The summed E-state index contributed by atoms with van der Waals surface area (Å²) < 4.78 is 2.19. The third-order valence-electron chi connectivity index (χ3n) is 2.51. The summed E-state index contributed by atoms with van der Waals surface area (Å²) in [6.45, 7) is 12.0. The molecule has 1 aromatic rings. The van der Waals surface area contributed by atoms with E-state index in [4.69, 9.17) is 0 Å². The van der Waals surface area contributed by atoms with E-state index >= 15 is 0 Å². The lowest BCUT2D eigenvalue weighted by atomic mass is 10.1. The molecule has 3 heteroatoms. The van der Waals surface area contributed by atoms with Gasteiger partial charge in [0, 0.05) is 19.3 Å². The Bertz CT molecular complexity index is 315. The van der Waals surface area contributed by atoms with Crippen LogP contribution in [0.1, 0.15) is 26.0 Å². The van der Waals surface area contributed by atoms with Crippen LogP contribution in [0.4, 0.5) is 5.95 Å². The first-order chi connectivity index (χ1) is 7.17. The van der Waals surface area contributed by atoms with Crippen LogP contribution in [-0.2, 0) is 6.54 Å². The second-order valence-electron chi connectivity index (χ2n) is 4.04. The average Bonchev–Trinajstić information content (AvgIpc) is 2.55. The molecule has 0 aliphatic heterocycles. The Kier molecular flexibility index (Phi) is 4.40. The van der Waals surface area contributed by atoms with E-state index in [0.717, 1.165) is 24.7 Å². The molecule has 3 nitrogen and oxygen atoms in total. The molecule has 0 spiro atoms. The molecule has 1 rings (SSSR count). The summed E-state index contributed by atoms with van der Waals surface area (Å²) >= 11 is 0. The van der Waals surface area contributed by atoms with Crippen molar-refractivity contribution in [3.05, 3.63) is 24.5 Å². The fraction of sp³-hybridized carbons (Fsp3) is 0.583. The van der Waals surface area contributed by atoms with E-state index in [0.29, 0.717) is 5.92 Å². The van der Waals surface area contributed by atoms with Crippen LogP contribution in [0.2, 0.25) is 0 Å². The van der Waals surface area contributed by atoms with Gasteiger partial charge in [0.2, 0.25) is 5.95 Å². The summed E-state index contributed by atoms with van der Waals surface area (Å²) in [4.78, 5) is 4.44. The van der Waals surface area contributed by atoms with Gasteiger partial charge in [-0.1, -0.05) is 26.3 Å². The molecule has 0 saturated carbocycles. The van der Waals surface area contributed by atoms with Crippen LogP contribution in [0, 0.1) is 12.8 Å². The molecule has 0 radical (unpaired) electrons. The molecule has 1 unspecified atom stereocenters. The molecule has 1 heterocycles. The highest BCUT2D eigenvalue weighted by molar-refractivity contribution is 5.29. The zero-order valence-corrected chi connectivity index (χ0v) is 9.95. The number of nitrogens with zero attached hydrogens (tertiary/aromatic N) is 2. The van der Waals surface area contributed by atoms with Gasteiger partial charge in [0.05, 0.1) is 5.69 Å². The van der Waals surface area contributed by atoms with Gasteiger partial charge in [0.1, 0.15) is 0 Å². The van der Waals surface area contributed by atoms with Crippen LogP contribution in [0.3, 0.4) is 0 Å². The van der Waals surface area contributed by atoms with Crippen LogP contribution in [0.15, 0.2) is 18.9 Å². The Hall–Kier alpha value is -1.25. The number of aromatic nitrogens is 2. The van der Waals surface area contributed by atoms with Crippen molar-refractivity contribution in [1.29, 1.82) is 0 Å². The lowest BCUT2D eigenvalue weighted by molar-refractivity contribution is 0.471. The van der Waals surface area contributed by atoms with Crippen molar-refractivity contribution >= 4 is 5.95 Å². The number of imidazole rings is 1. The van der Waals surface area contributed by atoms with Crippen molar-refractivity contribution in [3.8, 4) is 0 Å². The molecule has 1 aromatic heterocycles. The molecular formula is C12H21N3. The summed E-state index contributed by atoms with van der Waals surface area (Å²) in [6, 6.07) is 0. The SMILES string of the molecule is C=CCNc1nc(C)cn1CC(C)CC. The van der Waals surface area contributed by atoms with Crippen molar-refractivity contribution in [1.82, 2.24) is 9.55 Å². The number of aryl methyl sites for hydroxylation is 1. The quantitative estimate of drug-likeness (QED) is 0.727. The van der Waals surface area contributed by atoms with E-state index in [1.54, 1.807) is 0 Å². The maximum Gasteiger partial charge on any atom is 0.203 e. The molecule has 0 aromatic carbocycles. The number of nitrogens with one attached hydrogen (secondary N) is 1. The van der Waals surface area contributed by atoms with E-state index in [-0.39, 0.29) is 0 Å². The van der Waals surface area contributed by atoms with Crippen molar-refractivity contribution in [2.24, 2.45) is 5.92 Å². The van der Waals surface area contributed by atoms with Crippen LogP contribution in [0.5, 0.6) is 0 Å². The van der Waals surface area contributed by atoms with Crippen molar-refractivity contribution in [2.45, 2.75) is 33.7 Å². The Labute approximate surface area is 92.2 Å². The zero-order valence-electron chi connectivity index (χ0n) is 9.95. The van der Waals surface area contributed by atoms with E-state index in [2.05, 4.69) is 41.5 Å². The third kappa shape index (κ3) is 3.42. The minimum absolute atomic E-state index is 0.683. The number of anilines is 1. The van der Waals surface area contributed by atoms with Crippen molar-refractivity contribution in [3.63, 3.8) is 0 Å². The Morgan fingerprint density at radius 1 is 1.67 bits per heavy atom. The van der Waals surface area contributed by atoms with E-state index in [1.807, 2.05) is 13.0 Å². The summed E-state index contributed by atoms with van der Waals surface area (Å²) in [6.07, 6.45) is 5.13. The highest BCUT2D eigenvalue weighted by Gasteiger charge is 2.07. The third-order valence-corrected chi connectivity index (χ3v) is 2.51. The van der Waals surface area contributed by atoms with Crippen LogP contribution in [-0.4, -0.2) is 16.1 Å². The molecule has 0 amide bonds. The van der Waals surface area contributed by atoms with Gasteiger partial charge >= 0.3 is 0 Å². The molecule has 0 aliphatic carbocycles. The highest BCUT2D eigenvalue weighted by Crippen LogP contribution is 2.13. The summed E-state index contributed by atoms with van der Waals surface area (Å²) in [5, 5.41) is 3.25. The Morgan fingerprint density at radius 2 is 2.40 bits per heavy atom. The van der Waals surface area contributed by atoms with Gasteiger partial charge in [0.25, 0.3) is 0 Å². The first-order valence-electron chi connectivity index (χ1n) is 5.55. The number of hydrogen-bond acceptors (Lipinski definition) is 2. The normalized spacial score (nSPS) is 12.5. The van der Waals surface area contributed by atoms with Crippen molar-refractivity contribution in [2.75, 3.05) is 11.9 Å². The van der Waals surface area contributed by atoms with Crippen LogP contribution >= 0.6 is 0 Å². The molecule has 15 heavy (non-hydrogen) atoms. The predicted molar refractivity (Wildman–Crippen MR) is 65.1 cm³/mol. The second kappa shape index (κ2) is 5.59. The molecule has 0 aliphatic rings. The molecule has 0 fully saturated rings. The number of hydrogen-bond donors (Lipinski definition) is 1. The number of rotatable bonds is 6. The monoisotopic (exact) mass is 207 g/mol. The second-order valence-corrected chi connectivity index (χ2v) is 4.04. The highest BCUT2D eigenvalue weighted by atomic mass is 15.2. The molecule has 1 N–H and O–H groups in total. The fourth-order valence-electron chi connectivity index (χ4n) is 1.46. The standard InChI is InChI=1S/C12H21N3/c1-5-7-13-12-14-11(4)9-15(12)8-10(3)6-2/h5,9-10H,1,6-8H2,2-4H3,(H,13,14). The zero-order chi connectivity index (χ0) is 11.3. The average molecular weight is 207 g/mol. The lowest BCUT2D eigenvalue weighted by Gasteiger charge is -2.12. The lowest BCUT2D eigenvalue weighted by Crippen LogP contribution is -2.11. The summed E-state index contributed by atoms with van der Waals surface area (Å²) in [7, 11) is 0. The summed E-state index contributed by atoms with van der Waals surface area (Å²) in [5.74, 6) is 1.63. The maximum absolute atomic E-state index is 4.44. The first kappa shape index (κ1) is 11.8. The first-order valence-corrected chi connectivity index (χ1v) is 5.55. The van der Waals surface area contributed by atoms with Gasteiger partial charge in [-0.05, 0) is 12.8 Å². The smallest absolute Gasteiger partial charge is 0.203 e. The largest absolute Gasteiger partial charge is 0.352 e. The molecular weight excluding hydrogens is 186 g/mol. The topological polar surface area (TPSA) is 29.9 Å². The van der Waals surface area contributed by atoms with Gasteiger partial charge in [-0.15, -0.1) is 6.58 Å². The minimum atomic E-state index is 0.683. The van der Waals surface area contributed by atoms with Crippen molar-refractivity contribution < 1.29 is 0 Å². The van der Waals surface area contributed by atoms with Gasteiger partial charge in [-0.3, -0.25) is 0 Å². The minimum Gasteiger partial charge on any atom is -0.352 e. The van der Waals surface area contributed by atoms with Crippen LogP contribution < -0.4 is 5.32 Å². The molecule has 0 saturated heterocycles. The maximum atomic E-state index is 4.44. The molecule has 1 atom stereocenters. The Morgan fingerprint density at radius 3 is 3.00 bits per heavy atom. The molecule has 0 bridgehead atoms. The van der Waals surface area contributed by atoms with E-state index in [1.165, 1.54) is 6.42 Å².